The van der Waals surface area contributed by atoms with Crippen LogP contribution in [0.5, 0.6) is 0 Å². The second-order valence-electron chi connectivity index (χ2n) is 7.67. The fourth-order valence-electron chi connectivity index (χ4n) is 3.94. The molecule has 1 aliphatic carbocycles. The lowest BCUT2D eigenvalue weighted by atomic mass is 9.95. The molecule has 1 fully saturated rings. The number of carbonyl (C=O) groups excluding carboxylic acids is 2. The van der Waals surface area contributed by atoms with E-state index in [0.717, 1.165) is 29.2 Å². The van der Waals surface area contributed by atoms with Crippen molar-refractivity contribution in [3.8, 4) is 0 Å². The summed E-state index contributed by atoms with van der Waals surface area (Å²) in [4.78, 5) is 29.6. The largest absolute Gasteiger partial charge is 0.349 e. The molecule has 0 saturated heterocycles. The zero-order valence-electron chi connectivity index (χ0n) is 16.6. The summed E-state index contributed by atoms with van der Waals surface area (Å²) in [6, 6.07) is 15.2. The van der Waals surface area contributed by atoms with Crippen molar-refractivity contribution in [2.24, 2.45) is 0 Å². The number of amides is 2. The Labute approximate surface area is 170 Å². The van der Waals surface area contributed by atoms with E-state index in [1.165, 1.54) is 19.3 Å². The Bertz CT molecular complexity index is 1050. The van der Waals surface area contributed by atoms with Crippen molar-refractivity contribution in [3.63, 3.8) is 0 Å². The first-order valence-corrected chi connectivity index (χ1v) is 10.2. The van der Waals surface area contributed by atoms with Gasteiger partial charge in [0.2, 0.25) is 0 Å². The number of nitrogens with zero attached hydrogens (tertiary/aromatic N) is 1. The number of pyridine rings is 1. The van der Waals surface area contributed by atoms with Crippen molar-refractivity contribution >= 4 is 28.3 Å². The van der Waals surface area contributed by atoms with Crippen molar-refractivity contribution in [1.29, 1.82) is 0 Å². The summed E-state index contributed by atoms with van der Waals surface area (Å²) in [5.41, 5.74) is 2.53. The number of fused-ring (bicyclic) bond motifs is 1. The van der Waals surface area contributed by atoms with E-state index in [1.807, 2.05) is 43.3 Å². The molecule has 5 nitrogen and oxygen atoms in total. The number of anilines is 1. The Kier molecular flexibility index (Phi) is 5.56. The third-order valence-corrected chi connectivity index (χ3v) is 5.57. The van der Waals surface area contributed by atoms with Gasteiger partial charge in [-0.1, -0.05) is 43.5 Å². The molecule has 0 unspecified atom stereocenters. The second-order valence-corrected chi connectivity index (χ2v) is 7.67. The minimum Gasteiger partial charge on any atom is -0.349 e. The van der Waals surface area contributed by atoms with E-state index in [2.05, 4.69) is 15.6 Å². The highest BCUT2D eigenvalue weighted by Crippen LogP contribution is 2.22. The molecule has 0 bridgehead atoms. The van der Waals surface area contributed by atoms with Crippen LogP contribution in [0.1, 0.15) is 58.5 Å². The number of hydrogen-bond donors (Lipinski definition) is 2. The molecule has 1 heterocycles. The van der Waals surface area contributed by atoms with Crippen molar-refractivity contribution in [1.82, 2.24) is 10.3 Å². The Morgan fingerprint density at radius 1 is 0.966 bits per heavy atom. The fraction of sp³-hybridized carbons (Fsp3) is 0.292. The van der Waals surface area contributed by atoms with Crippen molar-refractivity contribution in [3.05, 3.63) is 71.5 Å². The molecule has 3 aromatic rings. The molecule has 148 valence electrons. The molecule has 2 amide bonds. The van der Waals surface area contributed by atoms with Crippen LogP contribution in [0.2, 0.25) is 0 Å². The van der Waals surface area contributed by atoms with Crippen molar-refractivity contribution in [2.45, 2.75) is 45.1 Å². The smallest absolute Gasteiger partial charge is 0.274 e. The molecule has 2 aromatic carbocycles. The van der Waals surface area contributed by atoms with Crippen LogP contribution in [0.4, 0.5) is 5.69 Å². The summed E-state index contributed by atoms with van der Waals surface area (Å²) in [7, 11) is 0. The third kappa shape index (κ3) is 4.29. The van der Waals surface area contributed by atoms with Crippen LogP contribution in [-0.4, -0.2) is 22.8 Å². The molecule has 2 N–H and O–H groups in total. The molecule has 0 aliphatic heterocycles. The molecule has 1 aromatic heterocycles. The van der Waals surface area contributed by atoms with Crippen LogP contribution >= 0.6 is 0 Å². The maximum atomic E-state index is 12.8. The zero-order chi connectivity index (χ0) is 20.2. The van der Waals surface area contributed by atoms with Gasteiger partial charge in [0.25, 0.3) is 11.8 Å². The SMILES string of the molecule is Cc1cc(C(=O)NC2CCCCC2)ccc1NC(=O)c1nccc2ccccc12. The Hall–Kier alpha value is -3.21. The molecule has 29 heavy (non-hydrogen) atoms. The van der Waals surface area contributed by atoms with Gasteiger partial charge in [0.1, 0.15) is 5.69 Å². The predicted octanol–water partition coefficient (Wildman–Crippen LogP) is 4.86. The predicted molar refractivity (Wildman–Crippen MR) is 115 cm³/mol. The van der Waals surface area contributed by atoms with E-state index < -0.39 is 0 Å². The summed E-state index contributed by atoms with van der Waals surface area (Å²) < 4.78 is 0. The van der Waals surface area contributed by atoms with Crippen LogP contribution in [0.15, 0.2) is 54.7 Å². The number of aromatic nitrogens is 1. The normalized spacial score (nSPS) is 14.5. The summed E-state index contributed by atoms with van der Waals surface area (Å²) >= 11 is 0. The van der Waals surface area contributed by atoms with Crippen molar-refractivity contribution < 1.29 is 9.59 Å². The Balaban J connectivity index is 1.49. The van der Waals surface area contributed by atoms with E-state index >= 15 is 0 Å². The first kappa shape index (κ1) is 19.1. The van der Waals surface area contributed by atoms with E-state index in [1.54, 1.807) is 18.3 Å². The highest BCUT2D eigenvalue weighted by atomic mass is 16.2. The van der Waals surface area contributed by atoms with Gasteiger partial charge in [0.05, 0.1) is 0 Å². The van der Waals surface area contributed by atoms with Gasteiger partial charge in [0.15, 0.2) is 0 Å². The van der Waals surface area contributed by atoms with Gasteiger partial charge in [-0.25, -0.2) is 0 Å². The topological polar surface area (TPSA) is 71.1 Å². The van der Waals surface area contributed by atoms with Crippen LogP contribution < -0.4 is 10.6 Å². The molecule has 0 radical (unpaired) electrons. The first-order valence-electron chi connectivity index (χ1n) is 10.2. The quantitative estimate of drug-likeness (QED) is 0.672. The zero-order valence-corrected chi connectivity index (χ0v) is 16.6. The first-order chi connectivity index (χ1) is 14.1. The minimum absolute atomic E-state index is 0.0476. The maximum absolute atomic E-state index is 12.8. The molecular weight excluding hydrogens is 362 g/mol. The fourth-order valence-corrected chi connectivity index (χ4v) is 3.94. The van der Waals surface area contributed by atoms with Gasteiger partial charge in [-0.2, -0.15) is 0 Å². The van der Waals surface area contributed by atoms with Gasteiger partial charge in [-0.3, -0.25) is 14.6 Å². The van der Waals surface area contributed by atoms with Gasteiger partial charge < -0.3 is 10.6 Å². The number of aryl methyl sites for hydroxylation is 1. The number of carbonyl (C=O) groups is 2. The summed E-state index contributed by atoms with van der Waals surface area (Å²) in [5.74, 6) is -0.307. The summed E-state index contributed by atoms with van der Waals surface area (Å²) in [5, 5.41) is 7.85. The van der Waals surface area contributed by atoms with Gasteiger partial charge in [-0.15, -0.1) is 0 Å². The van der Waals surface area contributed by atoms with Gasteiger partial charge in [-0.05, 0) is 55.0 Å². The molecule has 5 heteroatoms. The van der Waals surface area contributed by atoms with E-state index in [4.69, 9.17) is 0 Å². The van der Waals surface area contributed by atoms with Crippen molar-refractivity contribution in [2.75, 3.05) is 5.32 Å². The highest BCUT2D eigenvalue weighted by molar-refractivity contribution is 6.11. The Morgan fingerprint density at radius 3 is 2.55 bits per heavy atom. The number of hydrogen-bond acceptors (Lipinski definition) is 3. The average molecular weight is 387 g/mol. The molecule has 4 rings (SSSR count). The monoisotopic (exact) mass is 387 g/mol. The van der Waals surface area contributed by atoms with E-state index in [0.29, 0.717) is 16.9 Å². The lowest BCUT2D eigenvalue weighted by Crippen LogP contribution is -2.36. The average Bonchev–Trinajstić information content (AvgIpc) is 2.75. The maximum Gasteiger partial charge on any atom is 0.274 e. The van der Waals surface area contributed by atoms with Gasteiger partial charge >= 0.3 is 0 Å². The second kappa shape index (κ2) is 8.43. The van der Waals surface area contributed by atoms with Crippen LogP contribution in [-0.2, 0) is 0 Å². The highest BCUT2D eigenvalue weighted by Gasteiger charge is 2.18. The standard InChI is InChI=1S/C24H25N3O2/c1-16-15-18(23(28)26-19-8-3-2-4-9-19)11-12-21(16)27-24(29)22-20-10-6-5-7-17(20)13-14-25-22/h5-7,10-15,19H,2-4,8-9H2,1H3,(H,26,28)(H,27,29). The number of nitrogens with one attached hydrogen (secondary N) is 2. The molecular formula is C24H25N3O2. The lowest BCUT2D eigenvalue weighted by Gasteiger charge is -2.23. The van der Waals surface area contributed by atoms with Crippen LogP contribution in [0.25, 0.3) is 10.8 Å². The summed E-state index contributed by atoms with van der Waals surface area (Å²) in [6.45, 7) is 1.89. The van der Waals surface area contributed by atoms with E-state index in [-0.39, 0.29) is 17.9 Å². The number of rotatable bonds is 4. The molecule has 1 aliphatic rings. The Morgan fingerprint density at radius 2 is 1.76 bits per heavy atom. The third-order valence-electron chi connectivity index (χ3n) is 5.57. The molecule has 1 saturated carbocycles. The summed E-state index contributed by atoms with van der Waals surface area (Å²) in [6.07, 6.45) is 7.36. The molecule has 0 spiro atoms. The molecule has 0 atom stereocenters. The van der Waals surface area contributed by atoms with Gasteiger partial charge in [0, 0.05) is 28.9 Å². The van der Waals surface area contributed by atoms with Crippen LogP contribution in [0, 0.1) is 6.92 Å². The van der Waals surface area contributed by atoms with E-state index in [9.17, 15) is 9.59 Å². The number of benzene rings is 2. The lowest BCUT2D eigenvalue weighted by molar-refractivity contribution is 0.0927. The van der Waals surface area contributed by atoms with Crippen LogP contribution in [0.3, 0.4) is 0 Å². The minimum atomic E-state index is -0.260.